The lowest BCUT2D eigenvalue weighted by atomic mass is 9.64. The topological polar surface area (TPSA) is 24.9 Å². The second-order valence-electron chi connectivity index (χ2n) is 7.79. The summed E-state index contributed by atoms with van der Waals surface area (Å²) in [5.74, 6) is 1.69. The van der Waals surface area contributed by atoms with E-state index in [1.165, 1.54) is 57.3 Å². The summed E-state index contributed by atoms with van der Waals surface area (Å²) < 4.78 is 11.0. The van der Waals surface area contributed by atoms with Crippen molar-refractivity contribution < 1.29 is 9.47 Å². The zero-order valence-electron chi connectivity index (χ0n) is 15.3. The molecule has 1 aromatic rings. The normalized spacial score (nSPS) is 33.8. The first-order valence-electron chi connectivity index (χ1n) is 9.35. The molecule has 1 aromatic carbocycles. The largest absolute Gasteiger partial charge is 0.493 e. The molecular weight excluding hydrogens is 300 g/mol. The van der Waals surface area contributed by atoms with E-state index in [9.17, 15) is 0 Å². The maximum atomic E-state index is 5.58. The number of fused-ring (bicyclic) bond motifs is 1. The zero-order chi connectivity index (χ0) is 16.7. The number of nitrogens with zero attached hydrogens (tertiary/aromatic N) is 2. The highest BCUT2D eigenvalue weighted by Gasteiger charge is 2.51. The molecule has 0 radical (unpaired) electrons. The predicted molar refractivity (Wildman–Crippen MR) is 96.1 cm³/mol. The maximum absolute atomic E-state index is 5.58. The fourth-order valence-electron chi connectivity index (χ4n) is 5.28. The molecule has 1 saturated carbocycles. The first-order valence-corrected chi connectivity index (χ1v) is 9.35. The highest BCUT2D eigenvalue weighted by Crippen LogP contribution is 2.50. The molecule has 4 nitrogen and oxygen atoms in total. The Morgan fingerprint density at radius 1 is 1.04 bits per heavy atom. The summed E-state index contributed by atoms with van der Waals surface area (Å²) in [6.07, 6.45) is 6.58. The van der Waals surface area contributed by atoms with Crippen LogP contribution in [0, 0.1) is 0 Å². The van der Waals surface area contributed by atoms with E-state index in [1.807, 2.05) is 0 Å². The van der Waals surface area contributed by atoms with Crippen LogP contribution in [0.1, 0.15) is 37.7 Å². The molecule has 2 saturated heterocycles. The Morgan fingerprint density at radius 3 is 2.50 bits per heavy atom. The smallest absolute Gasteiger partial charge is 0.161 e. The van der Waals surface area contributed by atoms with E-state index in [1.54, 1.807) is 14.2 Å². The van der Waals surface area contributed by atoms with Crippen LogP contribution in [0.25, 0.3) is 0 Å². The van der Waals surface area contributed by atoms with Gasteiger partial charge in [-0.05, 0) is 76.5 Å². The number of methoxy groups -OCH3 is 2. The molecule has 4 heteroatoms. The van der Waals surface area contributed by atoms with E-state index >= 15 is 0 Å². The van der Waals surface area contributed by atoms with Crippen LogP contribution in [0.3, 0.4) is 0 Å². The quantitative estimate of drug-likeness (QED) is 0.847. The van der Waals surface area contributed by atoms with Crippen molar-refractivity contribution in [1.29, 1.82) is 0 Å². The van der Waals surface area contributed by atoms with Gasteiger partial charge in [0.25, 0.3) is 0 Å². The minimum atomic E-state index is 0.287. The number of rotatable bonds is 4. The molecule has 3 fully saturated rings. The van der Waals surface area contributed by atoms with Crippen LogP contribution in [-0.2, 0) is 5.41 Å². The molecule has 132 valence electrons. The van der Waals surface area contributed by atoms with E-state index in [2.05, 4.69) is 35.0 Å². The number of hydrogen-bond acceptors (Lipinski definition) is 4. The van der Waals surface area contributed by atoms with Gasteiger partial charge in [0.05, 0.1) is 14.2 Å². The van der Waals surface area contributed by atoms with Gasteiger partial charge < -0.3 is 19.3 Å². The van der Waals surface area contributed by atoms with Crippen molar-refractivity contribution >= 4 is 0 Å². The van der Waals surface area contributed by atoms with Gasteiger partial charge in [-0.2, -0.15) is 0 Å². The number of benzene rings is 1. The fourth-order valence-corrected chi connectivity index (χ4v) is 5.28. The average molecular weight is 330 g/mol. The molecule has 0 amide bonds. The molecule has 0 N–H and O–H groups in total. The first kappa shape index (κ1) is 16.2. The van der Waals surface area contributed by atoms with Gasteiger partial charge >= 0.3 is 0 Å². The van der Waals surface area contributed by atoms with Crippen LogP contribution >= 0.6 is 0 Å². The summed E-state index contributed by atoms with van der Waals surface area (Å²) in [5, 5.41) is 0. The van der Waals surface area contributed by atoms with Gasteiger partial charge in [-0.1, -0.05) is 6.07 Å². The number of ether oxygens (including phenoxy) is 2. The van der Waals surface area contributed by atoms with Gasteiger partial charge in [0.15, 0.2) is 11.5 Å². The third-order valence-corrected chi connectivity index (χ3v) is 6.87. The van der Waals surface area contributed by atoms with Gasteiger partial charge in [-0.25, -0.2) is 0 Å². The molecule has 2 aliphatic heterocycles. The van der Waals surface area contributed by atoms with E-state index < -0.39 is 0 Å². The van der Waals surface area contributed by atoms with Gasteiger partial charge in [-0.3, -0.25) is 0 Å². The second kappa shape index (κ2) is 6.23. The van der Waals surface area contributed by atoms with Crippen LogP contribution in [0.4, 0.5) is 0 Å². The Hall–Kier alpha value is -1.26. The van der Waals surface area contributed by atoms with Crippen molar-refractivity contribution in [3.8, 4) is 11.5 Å². The van der Waals surface area contributed by atoms with E-state index in [0.717, 1.165) is 17.5 Å². The standard InChI is InChI=1S/C20H30N2O2/c1-21-12-9-20(15-5-6-17(23-2)18(13-15)24-3)8-7-16(14-19(20)21)22-10-4-11-22/h5-6,13,16,19H,4,7-12,14H2,1-3H3. The Bertz CT molecular complexity index is 601. The summed E-state index contributed by atoms with van der Waals surface area (Å²) in [6.45, 7) is 3.82. The Kier molecular flexibility index (Phi) is 4.21. The summed E-state index contributed by atoms with van der Waals surface area (Å²) >= 11 is 0. The van der Waals surface area contributed by atoms with Gasteiger partial charge in [0, 0.05) is 17.5 Å². The van der Waals surface area contributed by atoms with Crippen LogP contribution in [0.2, 0.25) is 0 Å². The summed E-state index contributed by atoms with van der Waals surface area (Å²) in [5.41, 5.74) is 1.73. The third-order valence-electron chi connectivity index (χ3n) is 6.87. The van der Waals surface area contributed by atoms with Crippen molar-refractivity contribution in [2.75, 3.05) is 40.9 Å². The summed E-state index contributed by atoms with van der Waals surface area (Å²) in [7, 11) is 5.75. The highest BCUT2D eigenvalue weighted by molar-refractivity contribution is 5.46. The number of hydrogen-bond donors (Lipinski definition) is 0. The van der Waals surface area contributed by atoms with Crippen molar-refractivity contribution in [3.05, 3.63) is 23.8 Å². The van der Waals surface area contributed by atoms with Gasteiger partial charge in [-0.15, -0.1) is 0 Å². The van der Waals surface area contributed by atoms with Crippen LogP contribution in [-0.4, -0.2) is 62.8 Å². The Labute approximate surface area is 145 Å². The van der Waals surface area contributed by atoms with Crippen LogP contribution in [0.5, 0.6) is 11.5 Å². The highest BCUT2D eigenvalue weighted by atomic mass is 16.5. The molecule has 0 aromatic heterocycles. The minimum absolute atomic E-state index is 0.287. The molecule has 3 atom stereocenters. The monoisotopic (exact) mass is 330 g/mol. The molecular formula is C20H30N2O2. The predicted octanol–water partition coefficient (Wildman–Crippen LogP) is 2.90. The summed E-state index contributed by atoms with van der Waals surface area (Å²) in [6, 6.07) is 8.03. The molecule has 3 unspecified atom stereocenters. The Morgan fingerprint density at radius 2 is 1.83 bits per heavy atom. The number of likely N-dealkylation sites (tertiary alicyclic amines) is 2. The lowest BCUT2D eigenvalue weighted by molar-refractivity contribution is 0.0448. The van der Waals surface area contributed by atoms with Crippen molar-refractivity contribution in [2.45, 2.75) is 49.6 Å². The molecule has 0 spiro atoms. The number of likely N-dealkylation sites (N-methyl/N-ethyl adjacent to an activating group) is 1. The molecule has 24 heavy (non-hydrogen) atoms. The second-order valence-corrected chi connectivity index (χ2v) is 7.79. The lowest BCUT2D eigenvalue weighted by Crippen LogP contribution is -2.54. The van der Waals surface area contributed by atoms with Crippen molar-refractivity contribution in [2.24, 2.45) is 0 Å². The van der Waals surface area contributed by atoms with Crippen LogP contribution < -0.4 is 9.47 Å². The molecule has 1 aliphatic carbocycles. The zero-order valence-corrected chi connectivity index (χ0v) is 15.3. The van der Waals surface area contributed by atoms with Gasteiger partial charge in [0.2, 0.25) is 0 Å². The Balaban J connectivity index is 1.65. The fraction of sp³-hybridized carbons (Fsp3) is 0.700. The van der Waals surface area contributed by atoms with E-state index in [0.29, 0.717) is 6.04 Å². The molecule has 2 heterocycles. The maximum Gasteiger partial charge on any atom is 0.161 e. The molecule has 0 bridgehead atoms. The SMILES string of the molecule is COc1ccc(C23CCC(N4CCC4)CC2N(C)CC3)cc1OC. The first-order chi connectivity index (χ1) is 11.7. The molecule has 3 aliphatic rings. The van der Waals surface area contributed by atoms with E-state index in [4.69, 9.17) is 9.47 Å². The average Bonchev–Trinajstić information content (AvgIpc) is 2.91. The van der Waals surface area contributed by atoms with Crippen LogP contribution in [0.15, 0.2) is 18.2 Å². The van der Waals surface area contributed by atoms with E-state index in [-0.39, 0.29) is 5.41 Å². The van der Waals surface area contributed by atoms with Gasteiger partial charge in [0.1, 0.15) is 0 Å². The van der Waals surface area contributed by atoms with Crippen molar-refractivity contribution in [3.63, 3.8) is 0 Å². The van der Waals surface area contributed by atoms with Crippen molar-refractivity contribution in [1.82, 2.24) is 9.80 Å². The summed E-state index contributed by atoms with van der Waals surface area (Å²) in [4.78, 5) is 5.30. The third kappa shape index (κ3) is 2.42. The lowest BCUT2D eigenvalue weighted by Gasteiger charge is -2.49. The molecule has 4 rings (SSSR count). The minimum Gasteiger partial charge on any atom is -0.493 e.